The van der Waals surface area contributed by atoms with Gasteiger partial charge in [-0.15, -0.1) is 0 Å². The third-order valence-corrected chi connectivity index (χ3v) is 4.61. The Morgan fingerprint density at radius 1 is 1.00 bits per heavy atom. The van der Waals surface area contributed by atoms with Crippen molar-refractivity contribution in [3.05, 3.63) is 46.8 Å². The summed E-state index contributed by atoms with van der Waals surface area (Å²) in [6, 6.07) is 7.79. The van der Waals surface area contributed by atoms with Crippen LogP contribution in [0.15, 0.2) is 24.3 Å². The van der Waals surface area contributed by atoms with Crippen LogP contribution < -0.4 is 10.2 Å². The van der Waals surface area contributed by atoms with Crippen molar-refractivity contribution >= 4 is 17.5 Å². The summed E-state index contributed by atoms with van der Waals surface area (Å²) in [5.41, 5.74) is 4.23. The van der Waals surface area contributed by atoms with Gasteiger partial charge in [-0.05, 0) is 56.9 Å². The maximum Gasteiger partial charge on any atom is 0.274 e. The second kappa shape index (κ2) is 7.64. The third kappa shape index (κ3) is 4.35. The first kappa shape index (κ1) is 17.4. The Labute approximate surface area is 149 Å². The van der Waals surface area contributed by atoms with Gasteiger partial charge in [-0.1, -0.05) is 25.0 Å². The molecule has 1 saturated heterocycles. The van der Waals surface area contributed by atoms with Gasteiger partial charge in [0.05, 0.1) is 0 Å². The third-order valence-electron chi connectivity index (χ3n) is 4.61. The molecule has 0 atom stereocenters. The molecule has 1 aromatic carbocycles. The number of nitrogens with one attached hydrogen (secondary N) is 1. The summed E-state index contributed by atoms with van der Waals surface area (Å²) in [5, 5.41) is 2.99. The Hall–Kier alpha value is -2.43. The van der Waals surface area contributed by atoms with E-state index in [1.165, 1.54) is 12.8 Å². The number of benzene rings is 1. The molecule has 1 N–H and O–H groups in total. The number of aryl methyl sites for hydroxylation is 3. The smallest absolute Gasteiger partial charge is 0.274 e. The normalized spacial score (nSPS) is 14.9. The Morgan fingerprint density at radius 2 is 1.72 bits per heavy atom. The van der Waals surface area contributed by atoms with E-state index in [-0.39, 0.29) is 5.91 Å². The molecule has 1 fully saturated rings. The van der Waals surface area contributed by atoms with Crippen LogP contribution in [-0.2, 0) is 0 Å². The van der Waals surface area contributed by atoms with Crippen LogP contribution in [0.3, 0.4) is 0 Å². The quantitative estimate of drug-likeness (QED) is 0.918. The highest BCUT2D eigenvalue weighted by Crippen LogP contribution is 2.19. The van der Waals surface area contributed by atoms with Crippen molar-refractivity contribution in [3.8, 4) is 0 Å². The molecule has 0 spiro atoms. The van der Waals surface area contributed by atoms with Gasteiger partial charge in [0.1, 0.15) is 5.69 Å². The Balaban J connectivity index is 1.83. The van der Waals surface area contributed by atoms with Gasteiger partial charge in [0.25, 0.3) is 5.91 Å². The van der Waals surface area contributed by atoms with Gasteiger partial charge in [0.15, 0.2) is 0 Å². The van der Waals surface area contributed by atoms with Crippen molar-refractivity contribution in [2.45, 2.75) is 46.5 Å². The monoisotopic (exact) mass is 338 g/mol. The zero-order chi connectivity index (χ0) is 17.8. The van der Waals surface area contributed by atoms with Crippen molar-refractivity contribution in [1.82, 2.24) is 9.97 Å². The van der Waals surface area contributed by atoms with E-state index >= 15 is 0 Å². The first-order valence-corrected chi connectivity index (χ1v) is 9.02. The van der Waals surface area contributed by atoms with Gasteiger partial charge in [0.2, 0.25) is 5.95 Å². The van der Waals surface area contributed by atoms with Crippen molar-refractivity contribution in [2.24, 2.45) is 0 Å². The predicted octanol–water partition coefficient (Wildman–Crippen LogP) is 4.03. The number of nitrogens with zero attached hydrogens (tertiary/aromatic N) is 3. The molecular weight excluding hydrogens is 312 g/mol. The highest BCUT2D eigenvalue weighted by Gasteiger charge is 2.17. The van der Waals surface area contributed by atoms with Crippen molar-refractivity contribution in [2.75, 3.05) is 23.3 Å². The standard InChI is InChI=1S/C20H26N4O/c1-14-8-9-15(2)17(12-14)22-19(25)18-13-16(3)21-20(23-18)24-10-6-4-5-7-11-24/h8-9,12-13H,4-7,10-11H2,1-3H3,(H,22,25). The van der Waals surface area contributed by atoms with E-state index in [0.717, 1.165) is 48.4 Å². The zero-order valence-electron chi connectivity index (χ0n) is 15.3. The minimum absolute atomic E-state index is 0.185. The number of carbonyl (C=O) groups excluding carboxylic acids is 1. The van der Waals surface area contributed by atoms with Crippen LogP contribution in [-0.4, -0.2) is 29.0 Å². The first-order valence-electron chi connectivity index (χ1n) is 9.02. The summed E-state index contributed by atoms with van der Waals surface area (Å²) < 4.78 is 0. The first-order chi connectivity index (χ1) is 12.0. The van der Waals surface area contributed by atoms with Crippen molar-refractivity contribution in [3.63, 3.8) is 0 Å². The molecule has 5 nitrogen and oxygen atoms in total. The average molecular weight is 338 g/mol. The predicted molar refractivity (Wildman–Crippen MR) is 101 cm³/mol. The highest BCUT2D eigenvalue weighted by atomic mass is 16.1. The maximum absolute atomic E-state index is 12.7. The molecule has 0 bridgehead atoms. The molecule has 2 heterocycles. The number of rotatable bonds is 3. The molecule has 0 unspecified atom stereocenters. The second-order valence-corrected chi connectivity index (χ2v) is 6.87. The molecule has 132 valence electrons. The lowest BCUT2D eigenvalue weighted by molar-refractivity contribution is 0.102. The highest BCUT2D eigenvalue weighted by molar-refractivity contribution is 6.03. The number of anilines is 2. The lowest BCUT2D eigenvalue weighted by atomic mass is 10.1. The molecule has 0 aliphatic carbocycles. The van der Waals surface area contributed by atoms with E-state index in [4.69, 9.17) is 0 Å². The molecular formula is C20H26N4O. The van der Waals surface area contributed by atoms with E-state index < -0.39 is 0 Å². The Morgan fingerprint density at radius 3 is 2.44 bits per heavy atom. The number of hydrogen-bond donors (Lipinski definition) is 1. The molecule has 1 aliphatic heterocycles. The lowest BCUT2D eigenvalue weighted by Gasteiger charge is -2.21. The van der Waals surface area contributed by atoms with E-state index in [2.05, 4.69) is 20.2 Å². The summed E-state index contributed by atoms with van der Waals surface area (Å²) in [6.07, 6.45) is 4.81. The van der Waals surface area contributed by atoms with Crippen LogP contribution in [0.1, 0.15) is 53.0 Å². The van der Waals surface area contributed by atoms with Gasteiger partial charge in [-0.25, -0.2) is 9.97 Å². The molecule has 1 aliphatic rings. The molecule has 1 aromatic heterocycles. The van der Waals surface area contributed by atoms with Crippen LogP contribution in [0, 0.1) is 20.8 Å². The van der Waals surface area contributed by atoms with Gasteiger partial charge in [-0.3, -0.25) is 4.79 Å². The minimum atomic E-state index is -0.185. The zero-order valence-corrected chi connectivity index (χ0v) is 15.3. The van der Waals surface area contributed by atoms with Gasteiger partial charge in [-0.2, -0.15) is 0 Å². The lowest BCUT2D eigenvalue weighted by Crippen LogP contribution is -2.27. The second-order valence-electron chi connectivity index (χ2n) is 6.87. The number of amides is 1. The van der Waals surface area contributed by atoms with Crippen LogP contribution in [0.2, 0.25) is 0 Å². The van der Waals surface area contributed by atoms with Crippen molar-refractivity contribution in [1.29, 1.82) is 0 Å². The van der Waals surface area contributed by atoms with Crippen LogP contribution >= 0.6 is 0 Å². The maximum atomic E-state index is 12.7. The summed E-state index contributed by atoms with van der Waals surface area (Å²) >= 11 is 0. The number of aromatic nitrogens is 2. The summed E-state index contributed by atoms with van der Waals surface area (Å²) in [6.45, 7) is 7.84. The van der Waals surface area contributed by atoms with Gasteiger partial charge in [0, 0.05) is 24.5 Å². The number of carbonyl (C=O) groups is 1. The molecule has 0 radical (unpaired) electrons. The van der Waals surface area contributed by atoms with Gasteiger partial charge >= 0.3 is 0 Å². The fourth-order valence-electron chi connectivity index (χ4n) is 3.14. The van der Waals surface area contributed by atoms with E-state index in [1.807, 2.05) is 39.0 Å². The van der Waals surface area contributed by atoms with Crippen LogP contribution in [0.25, 0.3) is 0 Å². The molecule has 5 heteroatoms. The molecule has 2 aromatic rings. The fourth-order valence-corrected chi connectivity index (χ4v) is 3.14. The summed E-state index contributed by atoms with van der Waals surface area (Å²) in [5.74, 6) is 0.489. The average Bonchev–Trinajstić information content (AvgIpc) is 2.87. The van der Waals surface area contributed by atoms with Crippen LogP contribution in [0.4, 0.5) is 11.6 Å². The van der Waals surface area contributed by atoms with E-state index in [0.29, 0.717) is 11.6 Å². The van der Waals surface area contributed by atoms with Crippen LogP contribution in [0.5, 0.6) is 0 Å². The van der Waals surface area contributed by atoms with Gasteiger partial charge < -0.3 is 10.2 Å². The topological polar surface area (TPSA) is 58.1 Å². The molecule has 25 heavy (non-hydrogen) atoms. The summed E-state index contributed by atoms with van der Waals surface area (Å²) in [4.78, 5) is 24.0. The largest absolute Gasteiger partial charge is 0.341 e. The molecule has 0 saturated carbocycles. The fraction of sp³-hybridized carbons (Fsp3) is 0.450. The number of hydrogen-bond acceptors (Lipinski definition) is 4. The Bertz CT molecular complexity index is 764. The van der Waals surface area contributed by atoms with E-state index in [1.54, 1.807) is 6.07 Å². The minimum Gasteiger partial charge on any atom is -0.341 e. The summed E-state index contributed by atoms with van der Waals surface area (Å²) in [7, 11) is 0. The Kier molecular flexibility index (Phi) is 5.31. The van der Waals surface area contributed by atoms with E-state index in [9.17, 15) is 4.79 Å². The molecule has 1 amide bonds. The van der Waals surface area contributed by atoms with Crippen molar-refractivity contribution < 1.29 is 4.79 Å². The molecule has 3 rings (SSSR count). The SMILES string of the molecule is Cc1ccc(C)c(NC(=O)c2cc(C)nc(N3CCCCCC3)n2)c1.